The Balaban J connectivity index is 2.07. The molecule has 0 saturated heterocycles. The molecule has 0 aliphatic carbocycles. The fraction of sp³-hybridized carbons (Fsp3) is 0.333. The van der Waals surface area contributed by atoms with Crippen LogP contribution in [0.1, 0.15) is 47.3 Å². The Hall–Kier alpha value is -2.31. The highest BCUT2D eigenvalue weighted by atomic mass is 35.5. The van der Waals surface area contributed by atoms with Gasteiger partial charge in [-0.25, -0.2) is 4.79 Å². The molecule has 1 heterocycles. The van der Waals surface area contributed by atoms with Crippen molar-refractivity contribution in [3.8, 4) is 0 Å². The van der Waals surface area contributed by atoms with Gasteiger partial charge in [-0.05, 0) is 51.5 Å². The summed E-state index contributed by atoms with van der Waals surface area (Å²) in [6.45, 7) is 6.60. The predicted octanol–water partition coefficient (Wildman–Crippen LogP) is 3.52. The molecular weight excluding hydrogens is 344 g/mol. The number of anilines is 1. The van der Waals surface area contributed by atoms with Crippen molar-refractivity contribution in [2.24, 2.45) is 0 Å². The van der Waals surface area contributed by atoms with Crippen LogP contribution in [0.15, 0.2) is 24.3 Å². The number of ether oxygens (including phenoxy) is 1. The van der Waals surface area contributed by atoms with Crippen molar-refractivity contribution in [1.29, 1.82) is 0 Å². The van der Waals surface area contributed by atoms with E-state index in [4.69, 9.17) is 16.3 Å². The van der Waals surface area contributed by atoms with E-state index in [0.717, 1.165) is 0 Å². The second kappa shape index (κ2) is 7.72. The number of aromatic amines is 1. The van der Waals surface area contributed by atoms with Crippen LogP contribution >= 0.6 is 11.6 Å². The monoisotopic (exact) mass is 364 g/mol. The fourth-order valence-corrected chi connectivity index (χ4v) is 2.87. The third-order valence-electron chi connectivity index (χ3n) is 3.86. The number of aliphatic hydroxyl groups is 1. The number of aryl methyl sites for hydroxylation is 1. The smallest absolute Gasteiger partial charge is 0.355 e. The van der Waals surface area contributed by atoms with E-state index >= 15 is 0 Å². The number of aromatic nitrogens is 1. The van der Waals surface area contributed by atoms with Gasteiger partial charge >= 0.3 is 5.97 Å². The van der Waals surface area contributed by atoms with Gasteiger partial charge in [-0.15, -0.1) is 0 Å². The number of amides is 1. The molecule has 25 heavy (non-hydrogen) atoms. The van der Waals surface area contributed by atoms with E-state index in [2.05, 4.69) is 10.3 Å². The van der Waals surface area contributed by atoms with Gasteiger partial charge < -0.3 is 20.1 Å². The molecule has 0 spiro atoms. The molecule has 7 heteroatoms. The topological polar surface area (TPSA) is 91.4 Å². The fourth-order valence-electron chi connectivity index (χ4n) is 2.68. The Morgan fingerprint density at radius 1 is 1.28 bits per heavy atom. The first-order valence-electron chi connectivity index (χ1n) is 7.85. The van der Waals surface area contributed by atoms with Gasteiger partial charge in [0.25, 0.3) is 5.91 Å². The Morgan fingerprint density at radius 2 is 1.96 bits per heavy atom. The summed E-state index contributed by atoms with van der Waals surface area (Å²) in [4.78, 5) is 27.4. The Labute approximate surface area is 151 Å². The molecule has 1 aromatic heterocycles. The maximum Gasteiger partial charge on any atom is 0.355 e. The van der Waals surface area contributed by atoms with Crippen molar-refractivity contribution >= 4 is 29.2 Å². The predicted molar refractivity (Wildman–Crippen MR) is 95.9 cm³/mol. The van der Waals surface area contributed by atoms with Crippen LogP contribution in [0.2, 0.25) is 5.02 Å². The number of hydrogen-bond acceptors (Lipinski definition) is 4. The first-order chi connectivity index (χ1) is 11.7. The lowest BCUT2D eigenvalue weighted by atomic mass is 10.1. The lowest BCUT2D eigenvalue weighted by Crippen LogP contribution is -2.30. The Bertz CT molecular complexity index is 798. The van der Waals surface area contributed by atoms with E-state index in [-0.39, 0.29) is 5.69 Å². The van der Waals surface area contributed by atoms with Gasteiger partial charge in [0.15, 0.2) is 6.10 Å². The summed E-state index contributed by atoms with van der Waals surface area (Å²) in [6.07, 6.45) is -1.70. The average Bonchev–Trinajstić information content (AvgIpc) is 2.82. The number of aliphatic hydroxyl groups excluding tert-OH is 1. The highest BCUT2D eigenvalue weighted by Crippen LogP contribution is 2.25. The zero-order chi connectivity index (χ0) is 18.7. The lowest BCUT2D eigenvalue weighted by molar-refractivity contribution is -0.123. The molecule has 3 N–H and O–H groups in total. The van der Waals surface area contributed by atoms with E-state index in [9.17, 15) is 14.7 Å². The number of hydrogen-bond donors (Lipinski definition) is 3. The highest BCUT2D eigenvalue weighted by molar-refractivity contribution is 6.30. The molecule has 0 fully saturated rings. The van der Waals surface area contributed by atoms with Crippen molar-refractivity contribution in [3.05, 3.63) is 51.8 Å². The molecule has 6 nitrogen and oxygen atoms in total. The van der Waals surface area contributed by atoms with Crippen molar-refractivity contribution in [2.75, 3.05) is 5.32 Å². The van der Waals surface area contributed by atoms with Crippen LogP contribution in [-0.2, 0) is 9.53 Å². The van der Waals surface area contributed by atoms with Crippen LogP contribution in [0, 0.1) is 13.8 Å². The molecule has 1 amide bonds. The van der Waals surface area contributed by atoms with Crippen LogP contribution in [-0.4, -0.2) is 28.1 Å². The second-order valence-corrected chi connectivity index (χ2v) is 6.32. The zero-order valence-corrected chi connectivity index (χ0v) is 15.3. The van der Waals surface area contributed by atoms with E-state index in [1.807, 2.05) is 0 Å². The standard InChI is InChI=1S/C18H21ClN2O4/c1-9-15(11(3)22)10(2)20-16(9)18(24)25-12(4)17(23)21-14-7-5-6-13(19)8-14/h5-8,11-12,20,22H,1-4H3,(H,21,23)/t11-,12+/m0/s1. The van der Waals surface area contributed by atoms with Crippen molar-refractivity contribution in [1.82, 2.24) is 4.98 Å². The van der Waals surface area contributed by atoms with E-state index in [1.54, 1.807) is 45.0 Å². The number of rotatable bonds is 5. The van der Waals surface area contributed by atoms with Crippen LogP contribution in [0.4, 0.5) is 5.69 Å². The molecule has 0 aliphatic rings. The normalized spacial score (nSPS) is 13.2. The van der Waals surface area contributed by atoms with Gasteiger partial charge in [0, 0.05) is 22.0 Å². The van der Waals surface area contributed by atoms with Crippen molar-refractivity contribution in [2.45, 2.75) is 39.9 Å². The second-order valence-electron chi connectivity index (χ2n) is 5.89. The van der Waals surface area contributed by atoms with Gasteiger partial charge in [-0.3, -0.25) is 4.79 Å². The SMILES string of the molecule is Cc1[nH]c(C(=O)O[C@H](C)C(=O)Nc2cccc(Cl)c2)c(C)c1[C@H](C)O. The molecular formula is C18H21ClN2O4. The third-order valence-corrected chi connectivity index (χ3v) is 4.10. The van der Waals surface area contributed by atoms with Crippen molar-refractivity contribution < 1.29 is 19.4 Å². The Kier molecular flexibility index (Phi) is 5.87. The zero-order valence-electron chi connectivity index (χ0n) is 14.5. The molecule has 134 valence electrons. The number of halogens is 1. The molecule has 0 aliphatic heterocycles. The summed E-state index contributed by atoms with van der Waals surface area (Å²) in [7, 11) is 0. The lowest BCUT2D eigenvalue weighted by Gasteiger charge is -2.13. The average molecular weight is 365 g/mol. The molecule has 2 rings (SSSR count). The third kappa shape index (κ3) is 4.41. The van der Waals surface area contributed by atoms with Gasteiger partial charge in [0.05, 0.1) is 6.10 Å². The van der Waals surface area contributed by atoms with E-state index in [1.165, 1.54) is 6.92 Å². The minimum absolute atomic E-state index is 0.232. The minimum atomic E-state index is -0.996. The number of benzene rings is 1. The molecule has 0 saturated carbocycles. The summed E-state index contributed by atoms with van der Waals surface area (Å²) in [5.41, 5.74) is 2.71. The van der Waals surface area contributed by atoms with Crippen molar-refractivity contribution in [3.63, 3.8) is 0 Å². The van der Waals surface area contributed by atoms with Crippen LogP contribution < -0.4 is 5.32 Å². The minimum Gasteiger partial charge on any atom is -0.448 e. The Morgan fingerprint density at radius 3 is 2.52 bits per heavy atom. The maximum atomic E-state index is 12.3. The summed E-state index contributed by atoms with van der Waals surface area (Å²) in [5.74, 6) is -1.12. The number of carbonyl (C=O) groups is 2. The van der Waals surface area contributed by atoms with Crippen LogP contribution in [0.25, 0.3) is 0 Å². The van der Waals surface area contributed by atoms with Gasteiger partial charge in [0.1, 0.15) is 5.69 Å². The molecule has 2 aromatic rings. The van der Waals surface area contributed by atoms with Gasteiger partial charge in [-0.1, -0.05) is 17.7 Å². The summed E-state index contributed by atoms with van der Waals surface area (Å²) < 4.78 is 5.23. The van der Waals surface area contributed by atoms with Crippen LogP contribution in [0.5, 0.6) is 0 Å². The first-order valence-corrected chi connectivity index (χ1v) is 8.23. The number of esters is 1. The summed E-state index contributed by atoms with van der Waals surface area (Å²) >= 11 is 5.87. The first kappa shape index (κ1) is 19.0. The summed E-state index contributed by atoms with van der Waals surface area (Å²) in [5, 5.41) is 12.9. The number of H-pyrrole nitrogens is 1. The number of carbonyl (C=O) groups excluding carboxylic acids is 2. The van der Waals surface area contributed by atoms with Gasteiger partial charge in [0.2, 0.25) is 0 Å². The quantitative estimate of drug-likeness (QED) is 0.708. The molecule has 0 unspecified atom stereocenters. The van der Waals surface area contributed by atoms with E-state index < -0.39 is 24.1 Å². The van der Waals surface area contributed by atoms with Crippen LogP contribution in [0.3, 0.4) is 0 Å². The number of nitrogens with one attached hydrogen (secondary N) is 2. The highest BCUT2D eigenvalue weighted by Gasteiger charge is 2.24. The maximum absolute atomic E-state index is 12.3. The molecule has 1 aromatic carbocycles. The molecule has 2 atom stereocenters. The van der Waals surface area contributed by atoms with E-state index in [0.29, 0.717) is 27.5 Å². The molecule has 0 radical (unpaired) electrons. The largest absolute Gasteiger partial charge is 0.448 e. The molecule has 0 bridgehead atoms. The van der Waals surface area contributed by atoms with Gasteiger partial charge in [-0.2, -0.15) is 0 Å². The summed E-state index contributed by atoms with van der Waals surface area (Å²) in [6, 6.07) is 6.68.